The normalized spacial score (nSPS) is 26.2. The van der Waals surface area contributed by atoms with E-state index >= 15 is 0 Å². The number of likely N-dealkylation sites (N-methyl/N-ethyl adjacent to an activating group) is 1. The average Bonchev–Trinajstić information content (AvgIpc) is 2.11. The fraction of sp³-hybridized carbons (Fsp3) is 0.889. The van der Waals surface area contributed by atoms with Crippen molar-refractivity contribution < 1.29 is 9.28 Å². The van der Waals surface area contributed by atoms with E-state index in [1.807, 2.05) is 0 Å². The van der Waals surface area contributed by atoms with Gasteiger partial charge in [-0.2, -0.15) is 0 Å². The molecule has 1 saturated heterocycles. The van der Waals surface area contributed by atoms with Crippen molar-refractivity contribution in [3.05, 3.63) is 0 Å². The summed E-state index contributed by atoms with van der Waals surface area (Å²) < 4.78 is 0.742. The van der Waals surface area contributed by atoms with Crippen molar-refractivity contribution in [2.45, 2.75) is 25.3 Å². The molecule has 3 nitrogen and oxygen atoms in total. The standard InChI is InChI=1S/C9H18N2O/c1-11(2,3)8-6-4-5-7-10-9(8)12/h8H,4-7H2,1-3H3/p+1. The Labute approximate surface area is 74.3 Å². The fourth-order valence-corrected chi connectivity index (χ4v) is 1.66. The molecule has 0 aromatic rings. The van der Waals surface area contributed by atoms with Crippen molar-refractivity contribution >= 4 is 5.91 Å². The lowest BCUT2D eigenvalue weighted by atomic mass is 10.1. The molecule has 0 radical (unpaired) electrons. The van der Waals surface area contributed by atoms with E-state index in [0.29, 0.717) is 0 Å². The maximum absolute atomic E-state index is 11.5. The zero-order chi connectivity index (χ0) is 9.19. The molecule has 3 heteroatoms. The lowest BCUT2D eigenvalue weighted by molar-refractivity contribution is -0.886. The van der Waals surface area contributed by atoms with Crippen molar-refractivity contribution in [1.29, 1.82) is 0 Å². The van der Waals surface area contributed by atoms with Crippen LogP contribution in [0, 0.1) is 0 Å². The van der Waals surface area contributed by atoms with Crippen molar-refractivity contribution in [3.63, 3.8) is 0 Å². The van der Waals surface area contributed by atoms with Crippen molar-refractivity contribution in [1.82, 2.24) is 5.32 Å². The van der Waals surface area contributed by atoms with Crippen LogP contribution in [-0.4, -0.2) is 44.1 Å². The predicted octanol–water partition coefficient (Wildman–Crippen LogP) is 0.361. The van der Waals surface area contributed by atoms with Crippen LogP contribution < -0.4 is 5.32 Å². The van der Waals surface area contributed by atoms with Gasteiger partial charge in [-0.05, 0) is 12.8 Å². The second kappa shape index (κ2) is 3.44. The van der Waals surface area contributed by atoms with E-state index in [0.717, 1.165) is 23.9 Å². The molecule has 1 amide bonds. The number of carbonyl (C=O) groups excluding carboxylic acids is 1. The fourth-order valence-electron chi connectivity index (χ4n) is 1.66. The highest BCUT2D eigenvalue weighted by Crippen LogP contribution is 2.14. The first-order valence-corrected chi connectivity index (χ1v) is 4.60. The number of rotatable bonds is 1. The van der Waals surface area contributed by atoms with Gasteiger partial charge >= 0.3 is 0 Å². The van der Waals surface area contributed by atoms with Gasteiger partial charge in [-0.3, -0.25) is 4.79 Å². The zero-order valence-corrected chi connectivity index (χ0v) is 8.26. The Kier molecular flexibility index (Phi) is 2.73. The number of carbonyl (C=O) groups is 1. The molecule has 0 aromatic carbocycles. The molecular formula is C9H19N2O+. The Hall–Kier alpha value is -0.570. The number of nitrogens with zero attached hydrogens (tertiary/aromatic N) is 1. The third-order valence-corrected chi connectivity index (χ3v) is 2.44. The van der Waals surface area contributed by atoms with E-state index in [4.69, 9.17) is 0 Å². The Morgan fingerprint density at radius 2 is 2.00 bits per heavy atom. The molecule has 1 heterocycles. The van der Waals surface area contributed by atoms with Crippen LogP contribution in [0.4, 0.5) is 0 Å². The predicted molar refractivity (Wildman–Crippen MR) is 48.7 cm³/mol. The molecule has 1 rings (SSSR count). The third kappa shape index (κ3) is 2.21. The Morgan fingerprint density at radius 1 is 1.33 bits per heavy atom. The largest absolute Gasteiger partial charge is 0.351 e. The van der Waals surface area contributed by atoms with Gasteiger partial charge < -0.3 is 9.80 Å². The van der Waals surface area contributed by atoms with Crippen LogP contribution in [0.15, 0.2) is 0 Å². The van der Waals surface area contributed by atoms with E-state index in [1.165, 1.54) is 6.42 Å². The highest BCUT2D eigenvalue weighted by Gasteiger charge is 2.31. The zero-order valence-electron chi connectivity index (χ0n) is 8.26. The van der Waals surface area contributed by atoms with Gasteiger partial charge in [-0.1, -0.05) is 0 Å². The molecule has 12 heavy (non-hydrogen) atoms. The average molecular weight is 171 g/mol. The van der Waals surface area contributed by atoms with Gasteiger partial charge in [0.1, 0.15) is 0 Å². The van der Waals surface area contributed by atoms with Gasteiger partial charge in [-0.15, -0.1) is 0 Å². The molecule has 0 spiro atoms. The van der Waals surface area contributed by atoms with Gasteiger partial charge in [0.25, 0.3) is 5.91 Å². The van der Waals surface area contributed by atoms with Crippen LogP contribution in [0.3, 0.4) is 0 Å². The summed E-state index contributed by atoms with van der Waals surface area (Å²) in [4.78, 5) is 11.5. The summed E-state index contributed by atoms with van der Waals surface area (Å²) in [5, 5.41) is 2.95. The maximum atomic E-state index is 11.5. The van der Waals surface area contributed by atoms with E-state index in [-0.39, 0.29) is 11.9 Å². The highest BCUT2D eigenvalue weighted by molar-refractivity contribution is 5.80. The van der Waals surface area contributed by atoms with Crippen molar-refractivity contribution in [2.75, 3.05) is 27.7 Å². The van der Waals surface area contributed by atoms with Gasteiger partial charge in [0.15, 0.2) is 6.04 Å². The molecule has 1 fully saturated rings. The van der Waals surface area contributed by atoms with Gasteiger partial charge in [-0.25, -0.2) is 0 Å². The van der Waals surface area contributed by atoms with E-state index in [2.05, 4.69) is 26.5 Å². The van der Waals surface area contributed by atoms with Crippen LogP contribution in [0.1, 0.15) is 19.3 Å². The van der Waals surface area contributed by atoms with E-state index in [1.54, 1.807) is 0 Å². The summed E-state index contributed by atoms with van der Waals surface area (Å²) in [5.41, 5.74) is 0. The minimum atomic E-state index is 0.146. The Balaban J connectivity index is 2.66. The van der Waals surface area contributed by atoms with Gasteiger partial charge in [0, 0.05) is 13.0 Å². The molecular weight excluding hydrogens is 152 g/mol. The summed E-state index contributed by atoms with van der Waals surface area (Å²) in [5.74, 6) is 0.222. The highest BCUT2D eigenvalue weighted by atomic mass is 16.2. The molecule has 0 aromatic heterocycles. The second-order valence-electron chi connectivity index (χ2n) is 4.42. The molecule has 1 aliphatic rings. The summed E-state index contributed by atoms with van der Waals surface area (Å²) >= 11 is 0. The van der Waals surface area contributed by atoms with Crippen LogP contribution in [0.25, 0.3) is 0 Å². The summed E-state index contributed by atoms with van der Waals surface area (Å²) in [7, 11) is 6.24. The lowest BCUT2D eigenvalue weighted by Gasteiger charge is -2.31. The first-order valence-electron chi connectivity index (χ1n) is 4.60. The number of hydrogen-bond donors (Lipinski definition) is 1. The first kappa shape index (κ1) is 9.52. The van der Waals surface area contributed by atoms with E-state index in [9.17, 15) is 4.79 Å². The Morgan fingerprint density at radius 3 is 2.58 bits per heavy atom. The molecule has 70 valence electrons. The summed E-state index contributed by atoms with van der Waals surface area (Å²) in [6.07, 6.45) is 3.32. The summed E-state index contributed by atoms with van der Waals surface area (Å²) in [6, 6.07) is 0.146. The van der Waals surface area contributed by atoms with Crippen LogP contribution in [0.2, 0.25) is 0 Å². The number of hydrogen-bond acceptors (Lipinski definition) is 1. The first-order chi connectivity index (χ1) is 5.52. The monoisotopic (exact) mass is 171 g/mol. The van der Waals surface area contributed by atoms with Gasteiger partial charge in [0.05, 0.1) is 21.1 Å². The smallest absolute Gasteiger partial charge is 0.278 e. The van der Waals surface area contributed by atoms with Crippen LogP contribution in [-0.2, 0) is 4.79 Å². The molecule has 0 bridgehead atoms. The van der Waals surface area contributed by atoms with Crippen LogP contribution >= 0.6 is 0 Å². The van der Waals surface area contributed by atoms with Crippen molar-refractivity contribution in [2.24, 2.45) is 0 Å². The maximum Gasteiger partial charge on any atom is 0.278 e. The summed E-state index contributed by atoms with van der Waals surface area (Å²) in [6.45, 7) is 0.856. The SMILES string of the molecule is C[N+](C)(C)C1CCCCNC1=O. The number of quaternary nitrogens is 1. The number of nitrogens with one attached hydrogen (secondary N) is 1. The molecule has 1 N–H and O–H groups in total. The third-order valence-electron chi connectivity index (χ3n) is 2.44. The second-order valence-corrected chi connectivity index (χ2v) is 4.42. The molecule has 1 atom stereocenters. The topological polar surface area (TPSA) is 29.1 Å². The minimum absolute atomic E-state index is 0.146. The minimum Gasteiger partial charge on any atom is -0.351 e. The van der Waals surface area contributed by atoms with Crippen LogP contribution in [0.5, 0.6) is 0 Å². The lowest BCUT2D eigenvalue weighted by Crippen LogP contribution is -2.52. The molecule has 0 saturated carbocycles. The number of amides is 1. The molecule has 1 unspecified atom stereocenters. The van der Waals surface area contributed by atoms with E-state index < -0.39 is 0 Å². The van der Waals surface area contributed by atoms with Crippen molar-refractivity contribution in [3.8, 4) is 0 Å². The molecule has 0 aliphatic carbocycles. The quantitative estimate of drug-likeness (QED) is 0.567. The Bertz CT molecular complexity index is 172. The molecule has 1 aliphatic heterocycles. The van der Waals surface area contributed by atoms with Gasteiger partial charge in [0.2, 0.25) is 0 Å².